The molecule has 0 aromatic heterocycles. The molecule has 1 aromatic rings. The van der Waals surface area contributed by atoms with Gasteiger partial charge in [0, 0.05) is 20.2 Å². The fraction of sp³-hybridized carbons (Fsp3) is 0.500. The van der Waals surface area contributed by atoms with E-state index in [1.54, 1.807) is 19.2 Å². The smallest absolute Gasteiger partial charge is 0.160 e. The number of methoxy groups -OCH3 is 2. The van der Waals surface area contributed by atoms with Gasteiger partial charge < -0.3 is 25.0 Å². The van der Waals surface area contributed by atoms with E-state index >= 15 is 0 Å². The summed E-state index contributed by atoms with van der Waals surface area (Å²) in [6, 6.07) is 5.20. The van der Waals surface area contributed by atoms with Crippen LogP contribution < -0.4 is 10.1 Å². The Labute approximate surface area is 101 Å². The minimum absolute atomic E-state index is 0.115. The van der Waals surface area contributed by atoms with E-state index in [2.05, 4.69) is 5.32 Å². The van der Waals surface area contributed by atoms with Gasteiger partial charge in [0.15, 0.2) is 11.5 Å². The summed E-state index contributed by atoms with van der Waals surface area (Å²) in [6.07, 6.45) is -0.521. The van der Waals surface area contributed by atoms with Crippen LogP contribution in [0.15, 0.2) is 18.2 Å². The van der Waals surface area contributed by atoms with Crippen molar-refractivity contribution < 1.29 is 19.7 Å². The Morgan fingerprint density at radius 3 is 2.71 bits per heavy atom. The van der Waals surface area contributed by atoms with Crippen molar-refractivity contribution in [3.05, 3.63) is 23.8 Å². The highest BCUT2D eigenvalue weighted by Crippen LogP contribution is 2.25. The Hall–Kier alpha value is -1.30. The number of aliphatic hydroxyl groups excluding tert-OH is 1. The molecule has 17 heavy (non-hydrogen) atoms. The fourth-order valence-electron chi connectivity index (χ4n) is 1.48. The normalized spacial score (nSPS) is 12.4. The largest absolute Gasteiger partial charge is 0.504 e. The molecule has 0 aliphatic rings. The van der Waals surface area contributed by atoms with E-state index in [4.69, 9.17) is 9.47 Å². The van der Waals surface area contributed by atoms with Crippen molar-refractivity contribution in [1.29, 1.82) is 0 Å². The molecule has 1 unspecified atom stereocenters. The minimum atomic E-state index is -0.521. The van der Waals surface area contributed by atoms with Crippen LogP contribution in [0.25, 0.3) is 0 Å². The van der Waals surface area contributed by atoms with Crippen LogP contribution in [0.4, 0.5) is 0 Å². The van der Waals surface area contributed by atoms with E-state index in [1.807, 2.05) is 6.07 Å². The van der Waals surface area contributed by atoms with Crippen molar-refractivity contribution in [1.82, 2.24) is 5.32 Å². The molecule has 0 aliphatic heterocycles. The molecule has 1 aromatic carbocycles. The maximum Gasteiger partial charge on any atom is 0.160 e. The highest BCUT2D eigenvalue weighted by Gasteiger charge is 2.04. The summed E-state index contributed by atoms with van der Waals surface area (Å²) >= 11 is 0. The predicted molar refractivity (Wildman–Crippen MR) is 64.2 cm³/mol. The molecule has 5 heteroatoms. The average molecular weight is 241 g/mol. The number of phenolic OH excluding ortho intramolecular Hbond substituents is 1. The Morgan fingerprint density at radius 2 is 2.12 bits per heavy atom. The quantitative estimate of drug-likeness (QED) is 0.648. The van der Waals surface area contributed by atoms with Crippen LogP contribution in [0.3, 0.4) is 0 Å². The molecule has 0 radical (unpaired) electrons. The third-order valence-corrected chi connectivity index (χ3v) is 2.31. The first-order valence-electron chi connectivity index (χ1n) is 5.41. The summed E-state index contributed by atoms with van der Waals surface area (Å²) in [5, 5.41) is 22.0. The van der Waals surface area contributed by atoms with Gasteiger partial charge in [-0.3, -0.25) is 0 Å². The Bertz CT molecular complexity index is 343. The predicted octanol–water partition coefficient (Wildman–Crippen LogP) is 0.498. The number of ether oxygens (including phenoxy) is 2. The summed E-state index contributed by atoms with van der Waals surface area (Å²) in [6.45, 7) is 1.32. The molecule has 0 aliphatic carbocycles. The van der Waals surface area contributed by atoms with Crippen LogP contribution in [0, 0.1) is 0 Å². The first-order chi connectivity index (χ1) is 8.17. The third kappa shape index (κ3) is 4.60. The molecule has 1 atom stereocenters. The lowest BCUT2D eigenvalue weighted by Crippen LogP contribution is -2.29. The summed E-state index contributed by atoms with van der Waals surface area (Å²) in [4.78, 5) is 0. The third-order valence-electron chi connectivity index (χ3n) is 2.31. The Morgan fingerprint density at radius 1 is 1.35 bits per heavy atom. The number of benzene rings is 1. The molecule has 96 valence electrons. The van der Waals surface area contributed by atoms with Crippen molar-refractivity contribution in [3.63, 3.8) is 0 Å². The number of aliphatic hydroxyl groups is 1. The van der Waals surface area contributed by atoms with Crippen molar-refractivity contribution in [2.24, 2.45) is 0 Å². The van der Waals surface area contributed by atoms with Gasteiger partial charge in [-0.1, -0.05) is 6.07 Å². The molecular weight excluding hydrogens is 222 g/mol. The van der Waals surface area contributed by atoms with Crippen LogP contribution in [0.5, 0.6) is 11.5 Å². The van der Waals surface area contributed by atoms with Crippen LogP contribution >= 0.6 is 0 Å². The number of nitrogens with one attached hydrogen (secondary N) is 1. The van der Waals surface area contributed by atoms with Crippen LogP contribution in [0.2, 0.25) is 0 Å². The molecule has 0 saturated heterocycles. The van der Waals surface area contributed by atoms with Crippen molar-refractivity contribution in [2.45, 2.75) is 12.6 Å². The zero-order valence-corrected chi connectivity index (χ0v) is 10.1. The van der Waals surface area contributed by atoms with E-state index in [0.717, 1.165) is 5.56 Å². The van der Waals surface area contributed by atoms with E-state index < -0.39 is 6.10 Å². The van der Waals surface area contributed by atoms with Gasteiger partial charge in [-0.2, -0.15) is 0 Å². The first kappa shape index (κ1) is 13.8. The second-order valence-electron chi connectivity index (χ2n) is 3.75. The fourth-order valence-corrected chi connectivity index (χ4v) is 1.48. The lowest BCUT2D eigenvalue weighted by atomic mass is 10.2. The lowest BCUT2D eigenvalue weighted by molar-refractivity contribution is 0.0644. The van der Waals surface area contributed by atoms with Crippen molar-refractivity contribution in [2.75, 3.05) is 27.4 Å². The average Bonchev–Trinajstić information content (AvgIpc) is 2.29. The van der Waals surface area contributed by atoms with E-state index in [-0.39, 0.29) is 5.75 Å². The summed E-state index contributed by atoms with van der Waals surface area (Å²) in [5.41, 5.74) is 0.924. The molecular formula is C12H19NO4. The monoisotopic (exact) mass is 241 g/mol. The van der Waals surface area contributed by atoms with Crippen LogP contribution in [-0.4, -0.2) is 43.7 Å². The van der Waals surface area contributed by atoms with Gasteiger partial charge in [-0.25, -0.2) is 0 Å². The maximum atomic E-state index is 9.56. The van der Waals surface area contributed by atoms with Gasteiger partial charge in [-0.05, 0) is 17.7 Å². The zero-order valence-electron chi connectivity index (χ0n) is 10.1. The number of phenols is 1. The second kappa shape index (κ2) is 7.11. The number of rotatable bonds is 7. The van der Waals surface area contributed by atoms with Crippen LogP contribution in [-0.2, 0) is 11.3 Å². The molecule has 5 nitrogen and oxygen atoms in total. The highest BCUT2D eigenvalue weighted by atomic mass is 16.5. The van der Waals surface area contributed by atoms with E-state index in [0.29, 0.717) is 25.4 Å². The Balaban J connectivity index is 2.39. The molecule has 0 amide bonds. The molecule has 0 bridgehead atoms. The second-order valence-corrected chi connectivity index (χ2v) is 3.75. The number of aromatic hydroxyl groups is 1. The lowest BCUT2D eigenvalue weighted by Gasteiger charge is -2.11. The van der Waals surface area contributed by atoms with Gasteiger partial charge in [0.05, 0.1) is 19.8 Å². The van der Waals surface area contributed by atoms with Gasteiger partial charge >= 0.3 is 0 Å². The summed E-state index contributed by atoms with van der Waals surface area (Å²) in [7, 11) is 3.05. The van der Waals surface area contributed by atoms with Gasteiger partial charge in [0.2, 0.25) is 0 Å². The van der Waals surface area contributed by atoms with Gasteiger partial charge in [0.25, 0.3) is 0 Å². The molecule has 0 heterocycles. The van der Waals surface area contributed by atoms with Gasteiger partial charge in [-0.15, -0.1) is 0 Å². The summed E-state index contributed by atoms with van der Waals surface area (Å²) < 4.78 is 9.76. The zero-order chi connectivity index (χ0) is 12.7. The minimum Gasteiger partial charge on any atom is -0.504 e. The standard InChI is InChI=1S/C12H19NO4/c1-16-8-10(14)7-13-6-9-3-4-12(17-2)11(15)5-9/h3-5,10,13-15H,6-8H2,1-2H3. The molecule has 0 saturated carbocycles. The SMILES string of the molecule is COCC(O)CNCc1ccc(OC)c(O)c1. The number of hydrogen-bond donors (Lipinski definition) is 3. The highest BCUT2D eigenvalue weighted by molar-refractivity contribution is 5.41. The van der Waals surface area contributed by atoms with Crippen molar-refractivity contribution in [3.8, 4) is 11.5 Å². The molecule has 0 fully saturated rings. The topological polar surface area (TPSA) is 71.0 Å². The van der Waals surface area contributed by atoms with Gasteiger partial charge in [0.1, 0.15) is 0 Å². The van der Waals surface area contributed by atoms with E-state index in [1.165, 1.54) is 7.11 Å². The maximum absolute atomic E-state index is 9.56. The number of hydrogen-bond acceptors (Lipinski definition) is 5. The molecule has 0 spiro atoms. The van der Waals surface area contributed by atoms with Crippen molar-refractivity contribution >= 4 is 0 Å². The van der Waals surface area contributed by atoms with Crippen LogP contribution in [0.1, 0.15) is 5.56 Å². The van der Waals surface area contributed by atoms with E-state index in [9.17, 15) is 10.2 Å². The summed E-state index contributed by atoms with van der Waals surface area (Å²) in [5.74, 6) is 0.567. The molecule has 1 rings (SSSR count). The molecule has 3 N–H and O–H groups in total. The first-order valence-corrected chi connectivity index (χ1v) is 5.41. The Kier molecular flexibility index (Phi) is 5.76.